The molecule has 21 heavy (non-hydrogen) atoms. The van der Waals surface area contributed by atoms with Crippen LogP contribution >= 0.6 is 11.3 Å². The Morgan fingerprint density at radius 1 is 1.33 bits per heavy atom. The Labute approximate surface area is 128 Å². The molecule has 0 unspecified atom stereocenters. The van der Waals surface area contributed by atoms with Gasteiger partial charge in [0.1, 0.15) is 5.01 Å². The molecule has 1 aromatic carbocycles. The van der Waals surface area contributed by atoms with Crippen LogP contribution < -0.4 is 0 Å². The number of aromatic nitrogens is 1. The van der Waals surface area contributed by atoms with E-state index >= 15 is 0 Å². The van der Waals surface area contributed by atoms with Crippen molar-refractivity contribution in [3.63, 3.8) is 0 Å². The van der Waals surface area contributed by atoms with E-state index in [2.05, 4.69) is 4.98 Å². The molecule has 0 radical (unpaired) electrons. The Morgan fingerprint density at radius 3 is 2.81 bits per heavy atom. The van der Waals surface area contributed by atoms with Crippen LogP contribution in [0.4, 0.5) is 0 Å². The van der Waals surface area contributed by atoms with Crippen LogP contribution in [0, 0.1) is 0 Å². The zero-order chi connectivity index (χ0) is 14.7. The first kappa shape index (κ1) is 14.2. The normalized spacial score (nSPS) is 18.7. The van der Waals surface area contributed by atoms with Crippen LogP contribution in [0.3, 0.4) is 0 Å². The van der Waals surface area contributed by atoms with Crippen molar-refractivity contribution in [1.82, 2.24) is 9.88 Å². The molecule has 1 aromatic heterocycles. The summed E-state index contributed by atoms with van der Waals surface area (Å²) in [6.45, 7) is 0.779. The van der Waals surface area contributed by atoms with Crippen LogP contribution in [-0.4, -0.2) is 40.1 Å². The molecule has 1 N–H and O–H groups in total. The van der Waals surface area contributed by atoms with Crippen molar-refractivity contribution in [3.05, 3.63) is 41.4 Å². The summed E-state index contributed by atoms with van der Waals surface area (Å²) < 4.78 is 0. The zero-order valence-corrected chi connectivity index (χ0v) is 12.6. The third-order valence-corrected chi connectivity index (χ3v) is 4.73. The van der Waals surface area contributed by atoms with Crippen molar-refractivity contribution < 1.29 is 9.90 Å². The fraction of sp³-hybridized carbons (Fsp3) is 0.375. The van der Waals surface area contributed by atoms with E-state index in [0.29, 0.717) is 5.56 Å². The first-order valence-electron chi connectivity index (χ1n) is 7.21. The molecule has 2 heterocycles. The number of piperidine rings is 1. The SMILES string of the molecule is O=C(c1ccc(-c2nccs2)cc1)N1CCCC[C@H]1CO. The van der Waals surface area contributed by atoms with Gasteiger partial charge in [-0.15, -0.1) is 11.3 Å². The van der Waals surface area contributed by atoms with Crippen molar-refractivity contribution in [2.24, 2.45) is 0 Å². The van der Waals surface area contributed by atoms with Gasteiger partial charge in [0.2, 0.25) is 0 Å². The lowest BCUT2D eigenvalue weighted by Gasteiger charge is -2.34. The number of benzene rings is 1. The molecular formula is C16H18N2O2S. The minimum atomic E-state index is -0.0371. The summed E-state index contributed by atoms with van der Waals surface area (Å²) in [5, 5.41) is 12.3. The summed E-state index contributed by atoms with van der Waals surface area (Å²) in [6.07, 6.45) is 4.76. The number of hydrogen-bond donors (Lipinski definition) is 1. The van der Waals surface area contributed by atoms with Gasteiger partial charge in [-0.05, 0) is 31.4 Å². The number of carbonyl (C=O) groups is 1. The van der Waals surface area contributed by atoms with Crippen LogP contribution in [0.15, 0.2) is 35.8 Å². The van der Waals surface area contributed by atoms with Crippen molar-refractivity contribution in [3.8, 4) is 10.6 Å². The fourth-order valence-corrected chi connectivity index (χ4v) is 3.39. The standard InChI is InChI=1S/C16H18N2O2S/c19-11-14-3-1-2-9-18(14)16(20)13-6-4-12(5-7-13)15-17-8-10-21-15/h4-8,10,14,19H,1-3,9,11H2/t14-/m0/s1. The highest BCUT2D eigenvalue weighted by molar-refractivity contribution is 7.13. The van der Waals surface area contributed by atoms with Crippen LogP contribution in [0.25, 0.3) is 10.6 Å². The largest absolute Gasteiger partial charge is 0.394 e. The molecule has 0 bridgehead atoms. The van der Waals surface area contributed by atoms with Gasteiger partial charge in [-0.1, -0.05) is 12.1 Å². The molecule has 3 rings (SSSR count). The Kier molecular flexibility index (Phi) is 4.31. The second-order valence-corrected chi connectivity index (χ2v) is 6.14. The molecule has 4 nitrogen and oxygen atoms in total. The van der Waals surface area contributed by atoms with E-state index < -0.39 is 0 Å². The molecule has 2 aromatic rings. The molecule has 1 aliphatic rings. The molecule has 110 valence electrons. The summed E-state index contributed by atoms with van der Waals surface area (Å²) in [5.74, 6) is 0.0134. The molecule has 1 amide bonds. The van der Waals surface area contributed by atoms with Crippen LogP contribution in [0.5, 0.6) is 0 Å². The van der Waals surface area contributed by atoms with Crippen molar-refractivity contribution >= 4 is 17.2 Å². The highest BCUT2D eigenvalue weighted by Gasteiger charge is 2.26. The van der Waals surface area contributed by atoms with E-state index in [1.807, 2.05) is 34.5 Å². The van der Waals surface area contributed by atoms with Crippen LogP contribution in [0.2, 0.25) is 0 Å². The smallest absolute Gasteiger partial charge is 0.254 e. The van der Waals surface area contributed by atoms with Gasteiger partial charge in [-0.25, -0.2) is 4.98 Å². The van der Waals surface area contributed by atoms with Crippen molar-refractivity contribution in [2.75, 3.05) is 13.2 Å². The maximum absolute atomic E-state index is 12.6. The van der Waals surface area contributed by atoms with Gasteiger partial charge in [0.25, 0.3) is 5.91 Å². The number of rotatable bonds is 3. The Morgan fingerprint density at radius 2 is 2.14 bits per heavy atom. The summed E-state index contributed by atoms with van der Waals surface area (Å²) in [4.78, 5) is 18.6. The minimum absolute atomic E-state index is 0.0134. The lowest BCUT2D eigenvalue weighted by molar-refractivity contribution is 0.0503. The number of carbonyl (C=O) groups excluding carboxylic acids is 1. The number of likely N-dealkylation sites (tertiary alicyclic amines) is 1. The first-order valence-corrected chi connectivity index (χ1v) is 8.09. The number of aliphatic hydroxyl groups is 1. The zero-order valence-electron chi connectivity index (χ0n) is 11.7. The van der Waals surface area contributed by atoms with Gasteiger partial charge >= 0.3 is 0 Å². The molecule has 1 fully saturated rings. The number of hydrogen-bond acceptors (Lipinski definition) is 4. The third kappa shape index (κ3) is 2.99. The predicted molar refractivity (Wildman–Crippen MR) is 83.3 cm³/mol. The third-order valence-electron chi connectivity index (χ3n) is 3.91. The number of thiazole rings is 1. The van der Waals surface area contributed by atoms with Crippen LogP contribution in [0.1, 0.15) is 29.6 Å². The van der Waals surface area contributed by atoms with Crippen molar-refractivity contribution in [2.45, 2.75) is 25.3 Å². The maximum atomic E-state index is 12.6. The summed E-state index contributed by atoms with van der Waals surface area (Å²) in [7, 11) is 0. The second-order valence-electron chi connectivity index (χ2n) is 5.25. The van der Waals surface area contributed by atoms with E-state index in [0.717, 1.165) is 36.4 Å². The molecule has 5 heteroatoms. The van der Waals surface area contributed by atoms with Gasteiger partial charge in [-0.2, -0.15) is 0 Å². The van der Waals surface area contributed by atoms with Crippen molar-refractivity contribution in [1.29, 1.82) is 0 Å². The highest BCUT2D eigenvalue weighted by atomic mass is 32.1. The van der Waals surface area contributed by atoms with Gasteiger partial charge in [-0.3, -0.25) is 4.79 Å². The van der Waals surface area contributed by atoms with Gasteiger partial charge in [0.05, 0.1) is 12.6 Å². The first-order chi connectivity index (χ1) is 10.3. The Hall–Kier alpha value is -1.72. The van der Waals surface area contributed by atoms with E-state index in [4.69, 9.17) is 0 Å². The van der Waals surface area contributed by atoms with Gasteiger partial charge in [0.15, 0.2) is 0 Å². The quantitative estimate of drug-likeness (QED) is 0.948. The topological polar surface area (TPSA) is 53.4 Å². The predicted octanol–water partition coefficient (Wildman–Crippen LogP) is 2.80. The second kappa shape index (κ2) is 6.37. The Bertz CT molecular complexity index is 595. The maximum Gasteiger partial charge on any atom is 0.254 e. The van der Waals surface area contributed by atoms with Gasteiger partial charge in [0, 0.05) is 29.2 Å². The van der Waals surface area contributed by atoms with E-state index in [9.17, 15) is 9.90 Å². The summed E-state index contributed by atoms with van der Waals surface area (Å²) in [6, 6.07) is 7.53. The average molecular weight is 302 g/mol. The molecule has 1 saturated heterocycles. The molecule has 0 saturated carbocycles. The average Bonchev–Trinajstić information content (AvgIpc) is 3.09. The fourth-order valence-electron chi connectivity index (χ4n) is 2.74. The molecule has 1 atom stereocenters. The number of nitrogens with zero attached hydrogens (tertiary/aromatic N) is 2. The summed E-state index contributed by atoms with van der Waals surface area (Å²) in [5.41, 5.74) is 1.70. The highest BCUT2D eigenvalue weighted by Crippen LogP contribution is 2.24. The lowest BCUT2D eigenvalue weighted by Crippen LogP contribution is -2.45. The molecular weight excluding hydrogens is 284 g/mol. The number of amides is 1. The minimum Gasteiger partial charge on any atom is -0.394 e. The number of aliphatic hydroxyl groups excluding tert-OH is 1. The molecule has 0 aliphatic carbocycles. The van der Waals surface area contributed by atoms with E-state index in [1.54, 1.807) is 17.5 Å². The molecule has 1 aliphatic heterocycles. The monoisotopic (exact) mass is 302 g/mol. The summed E-state index contributed by atoms with van der Waals surface area (Å²) >= 11 is 1.58. The lowest BCUT2D eigenvalue weighted by atomic mass is 10.0. The van der Waals surface area contributed by atoms with E-state index in [-0.39, 0.29) is 18.6 Å². The van der Waals surface area contributed by atoms with Crippen LogP contribution in [-0.2, 0) is 0 Å². The molecule has 0 spiro atoms. The Balaban J connectivity index is 1.78. The van der Waals surface area contributed by atoms with Gasteiger partial charge < -0.3 is 10.0 Å². The van der Waals surface area contributed by atoms with E-state index in [1.165, 1.54) is 0 Å².